The molecule has 0 atom stereocenters. The van der Waals surface area contributed by atoms with Crippen LogP contribution >= 0.6 is 12.2 Å². The summed E-state index contributed by atoms with van der Waals surface area (Å²) in [6.45, 7) is 4.30. The maximum absolute atomic E-state index is 12.9. The first-order valence-corrected chi connectivity index (χ1v) is 11.5. The van der Waals surface area contributed by atoms with Gasteiger partial charge in [0.25, 0.3) is 11.8 Å². The summed E-state index contributed by atoms with van der Waals surface area (Å²) in [4.78, 5) is 27.4. The fourth-order valence-corrected chi connectivity index (χ4v) is 3.58. The number of carbonyl (C=O) groups is 2. The van der Waals surface area contributed by atoms with E-state index in [9.17, 15) is 9.59 Å². The molecule has 176 valence electrons. The maximum Gasteiger partial charge on any atom is 0.261 e. The van der Waals surface area contributed by atoms with Crippen LogP contribution in [0.25, 0.3) is 0 Å². The third-order valence-electron chi connectivity index (χ3n) is 5.07. The Morgan fingerprint density at radius 3 is 2.21 bits per heavy atom. The van der Waals surface area contributed by atoms with Crippen LogP contribution in [0, 0.1) is 0 Å². The van der Waals surface area contributed by atoms with Gasteiger partial charge in [0.05, 0.1) is 22.9 Å². The molecule has 2 amide bonds. The van der Waals surface area contributed by atoms with E-state index in [4.69, 9.17) is 17.0 Å². The second kappa shape index (κ2) is 12.0. The Hall–Kier alpha value is -3.71. The summed E-state index contributed by atoms with van der Waals surface area (Å²) in [6.07, 6.45) is 0.660. The van der Waals surface area contributed by atoms with Crippen LogP contribution in [0.3, 0.4) is 0 Å². The number of para-hydroxylation sites is 2. The number of thiocarbonyl (C=S) groups is 1. The van der Waals surface area contributed by atoms with Crippen molar-refractivity contribution in [1.82, 2.24) is 10.6 Å². The lowest BCUT2D eigenvalue weighted by molar-refractivity contribution is 0.0952. The SMILES string of the molecule is CC(C)Oc1ccccc1C(=O)NC(=S)N(C)c1ccccc1C(=O)NCCc1ccccc1. The molecule has 3 aromatic carbocycles. The highest BCUT2D eigenvalue weighted by Crippen LogP contribution is 2.21. The van der Waals surface area contributed by atoms with Crippen molar-refractivity contribution in [2.75, 3.05) is 18.5 Å². The lowest BCUT2D eigenvalue weighted by atomic mass is 10.1. The summed E-state index contributed by atoms with van der Waals surface area (Å²) < 4.78 is 5.74. The molecule has 0 unspecified atom stereocenters. The van der Waals surface area contributed by atoms with Gasteiger partial charge in [-0.2, -0.15) is 0 Å². The average molecular weight is 476 g/mol. The van der Waals surface area contributed by atoms with E-state index in [1.807, 2.05) is 56.3 Å². The fourth-order valence-electron chi connectivity index (χ4n) is 3.39. The number of ether oxygens (including phenoxy) is 1. The van der Waals surface area contributed by atoms with Crippen LogP contribution in [0.4, 0.5) is 5.69 Å². The summed E-state index contributed by atoms with van der Waals surface area (Å²) in [5.74, 6) is -0.0975. The van der Waals surface area contributed by atoms with E-state index in [-0.39, 0.29) is 23.0 Å². The highest BCUT2D eigenvalue weighted by molar-refractivity contribution is 7.80. The van der Waals surface area contributed by atoms with Crippen molar-refractivity contribution in [2.24, 2.45) is 0 Å². The molecule has 0 aliphatic carbocycles. The van der Waals surface area contributed by atoms with Gasteiger partial charge >= 0.3 is 0 Å². The van der Waals surface area contributed by atoms with Crippen LogP contribution < -0.4 is 20.3 Å². The lowest BCUT2D eigenvalue weighted by Crippen LogP contribution is -2.41. The molecular formula is C27H29N3O3S. The van der Waals surface area contributed by atoms with E-state index in [2.05, 4.69) is 10.6 Å². The summed E-state index contributed by atoms with van der Waals surface area (Å²) in [7, 11) is 1.72. The minimum atomic E-state index is -0.377. The molecule has 0 fully saturated rings. The molecule has 0 spiro atoms. The summed E-state index contributed by atoms with van der Waals surface area (Å²) in [5.41, 5.74) is 2.60. The predicted octanol–water partition coefficient (Wildman–Crippen LogP) is 4.60. The zero-order valence-electron chi connectivity index (χ0n) is 19.6. The number of rotatable bonds is 8. The van der Waals surface area contributed by atoms with E-state index >= 15 is 0 Å². The Kier molecular flexibility index (Phi) is 8.76. The Bertz CT molecular complexity index is 1150. The van der Waals surface area contributed by atoms with Crippen molar-refractivity contribution < 1.29 is 14.3 Å². The van der Waals surface area contributed by atoms with Gasteiger partial charge in [-0.1, -0.05) is 54.6 Å². The van der Waals surface area contributed by atoms with Gasteiger partial charge in [0, 0.05) is 13.6 Å². The second-order valence-corrected chi connectivity index (χ2v) is 8.38. The van der Waals surface area contributed by atoms with Crippen molar-refractivity contribution in [3.63, 3.8) is 0 Å². The molecule has 0 aliphatic heterocycles. The quantitative estimate of drug-likeness (QED) is 0.466. The molecule has 3 aromatic rings. The molecule has 0 heterocycles. The largest absolute Gasteiger partial charge is 0.490 e. The van der Waals surface area contributed by atoms with Crippen LogP contribution in [0.15, 0.2) is 78.9 Å². The number of anilines is 1. The standard InChI is InChI=1S/C27H29N3O3S/c1-19(2)33-24-16-10-8-14-22(24)26(32)29-27(34)30(3)23-15-9-7-13-21(23)25(31)28-18-17-20-11-5-4-6-12-20/h4-16,19H,17-18H2,1-3H3,(H,28,31)(H,29,32,34). The summed E-state index contributed by atoms with van der Waals surface area (Å²) >= 11 is 5.49. The number of nitrogens with one attached hydrogen (secondary N) is 2. The maximum atomic E-state index is 12.9. The van der Waals surface area contributed by atoms with E-state index in [1.165, 1.54) is 0 Å². The van der Waals surface area contributed by atoms with Crippen molar-refractivity contribution in [3.05, 3.63) is 95.6 Å². The molecule has 0 radical (unpaired) electrons. The molecule has 2 N–H and O–H groups in total. The van der Waals surface area contributed by atoms with Crippen molar-refractivity contribution >= 4 is 34.8 Å². The lowest BCUT2D eigenvalue weighted by Gasteiger charge is -2.23. The molecule has 0 bridgehead atoms. The van der Waals surface area contributed by atoms with Gasteiger partial charge in [-0.15, -0.1) is 0 Å². The Morgan fingerprint density at radius 1 is 0.882 bits per heavy atom. The first-order chi connectivity index (χ1) is 16.4. The normalized spacial score (nSPS) is 10.5. The molecule has 3 rings (SSSR count). The zero-order chi connectivity index (χ0) is 24.5. The summed E-state index contributed by atoms with van der Waals surface area (Å²) in [5, 5.41) is 5.88. The van der Waals surface area contributed by atoms with Crippen LogP contribution in [0.5, 0.6) is 5.75 Å². The molecule has 0 saturated heterocycles. The van der Waals surface area contributed by atoms with Gasteiger partial charge in [-0.05, 0) is 62.3 Å². The molecule has 0 saturated carbocycles. The van der Waals surface area contributed by atoms with Crippen LogP contribution in [0.2, 0.25) is 0 Å². The Morgan fingerprint density at radius 2 is 1.50 bits per heavy atom. The van der Waals surface area contributed by atoms with E-state index in [0.717, 1.165) is 12.0 Å². The zero-order valence-corrected chi connectivity index (χ0v) is 20.4. The van der Waals surface area contributed by atoms with Gasteiger partial charge in [0.15, 0.2) is 5.11 Å². The first-order valence-electron chi connectivity index (χ1n) is 11.1. The fraction of sp³-hybridized carbons (Fsp3) is 0.222. The number of amides is 2. The minimum Gasteiger partial charge on any atom is -0.490 e. The molecule has 7 heteroatoms. The molecule has 6 nitrogen and oxygen atoms in total. The molecule has 0 aliphatic rings. The van der Waals surface area contributed by atoms with Crippen molar-refractivity contribution in [1.29, 1.82) is 0 Å². The molecule has 0 aromatic heterocycles. The molecular weight excluding hydrogens is 446 g/mol. The van der Waals surface area contributed by atoms with Crippen LogP contribution in [-0.4, -0.2) is 36.6 Å². The third-order valence-corrected chi connectivity index (χ3v) is 5.45. The van der Waals surface area contributed by atoms with E-state index in [0.29, 0.717) is 29.1 Å². The smallest absolute Gasteiger partial charge is 0.261 e. The minimum absolute atomic E-state index is 0.0733. The highest BCUT2D eigenvalue weighted by Gasteiger charge is 2.20. The first kappa shape index (κ1) is 24.9. The Labute approximate surface area is 205 Å². The second-order valence-electron chi connectivity index (χ2n) is 7.99. The predicted molar refractivity (Wildman–Crippen MR) is 140 cm³/mol. The Balaban J connectivity index is 1.68. The van der Waals surface area contributed by atoms with Gasteiger partial charge < -0.3 is 15.0 Å². The number of nitrogens with zero attached hydrogens (tertiary/aromatic N) is 1. The monoisotopic (exact) mass is 475 g/mol. The average Bonchev–Trinajstić information content (AvgIpc) is 2.84. The van der Waals surface area contributed by atoms with Crippen molar-refractivity contribution in [3.8, 4) is 5.75 Å². The number of carbonyl (C=O) groups excluding carboxylic acids is 2. The van der Waals surface area contributed by atoms with Gasteiger partial charge in [0.1, 0.15) is 5.75 Å². The highest BCUT2D eigenvalue weighted by atomic mass is 32.1. The van der Waals surface area contributed by atoms with Gasteiger partial charge in [0.2, 0.25) is 0 Å². The van der Waals surface area contributed by atoms with Crippen molar-refractivity contribution in [2.45, 2.75) is 26.4 Å². The van der Waals surface area contributed by atoms with Gasteiger partial charge in [-0.3, -0.25) is 14.9 Å². The third kappa shape index (κ3) is 6.65. The van der Waals surface area contributed by atoms with E-state index < -0.39 is 0 Å². The van der Waals surface area contributed by atoms with Crippen LogP contribution in [0.1, 0.15) is 40.1 Å². The number of benzene rings is 3. The topological polar surface area (TPSA) is 70.7 Å². The number of hydrogen-bond acceptors (Lipinski definition) is 4. The molecule has 34 heavy (non-hydrogen) atoms. The van der Waals surface area contributed by atoms with E-state index in [1.54, 1.807) is 48.3 Å². The number of hydrogen-bond donors (Lipinski definition) is 2. The van der Waals surface area contributed by atoms with Gasteiger partial charge in [-0.25, -0.2) is 0 Å². The van der Waals surface area contributed by atoms with Crippen LogP contribution in [-0.2, 0) is 6.42 Å². The summed E-state index contributed by atoms with van der Waals surface area (Å²) in [6, 6.07) is 24.1.